The molecule has 3 aliphatic rings. The third-order valence-electron chi connectivity index (χ3n) is 5.35. The highest BCUT2D eigenvalue weighted by Crippen LogP contribution is 2.50. The number of hydrogen-bond donors (Lipinski definition) is 1. The third kappa shape index (κ3) is 3.99. The van der Waals surface area contributed by atoms with Crippen molar-refractivity contribution in [1.82, 2.24) is 5.48 Å². The first-order valence-electron chi connectivity index (χ1n) is 10.0. The van der Waals surface area contributed by atoms with E-state index in [4.69, 9.17) is 33.3 Å². The molecule has 1 aromatic carbocycles. The van der Waals surface area contributed by atoms with Crippen molar-refractivity contribution in [3.63, 3.8) is 0 Å². The van der Waals surface area contributed by atoms with Crippen LogP contribution in [-0.4, -0.2) is 61.4 Å². The van der Waals surface area contributed by atoms with Gasteiger partial charge in [-0.2, -0.15) is 5.48 Å². The van der Waals surface area contributed by atoms with E-state index in [1.165, 1.54) is 7.11 Å². The molecule has 166 valence electrons. The van der Waals surface area contributed by atoms with E-state index in [0.717, 1.165) is 5.56 Å². The number of carbonyl (C=O) groups is 1. The molecule has 0 amide bonds. The normalized spacial score (nSPS) is 34.8. The van der Waals surface area contributed by atoms with Gasteiger partial charge in [0.2, 0.25) is 5.79 Å². The number of carbonyl (C=O) groups excluding carboxylic acids is 1. The Morgan fingerprint density at radius 1 is 1.13 bits per heavy atom. The van der Waals surface area contributed by atoms with Crippen molar-refractivity contribution in [3.8, 4) is 0 Å². The van der Waals surface area contributed by atoms with Gasteiger partial charge in [-0.3, -0.25) is 9.63 Å². The zero-order valence-corrected chi connectivity index (χ0v) is 17.9. The van der Waals surface area contributed by atoms with Crippen LogP contribution in [0.2, 0.25) is 0 Å². The Balaban J connectivity index is 1.59. The number of esters is 1. The minimum atomic E-state index is -1.51. The van der Waals surface area contributed by atoms with Gasteiger partial charge >= 0.3 is 5.97 Å². The van der Waals surface area contributed by atoms with Gasteiger partial charge in [0.05, 0.1) is 20.3 Å². The van der Waals surface area contributed by atoms with Gasteiger partial charge in [0.15, 0.2) is 17.6 Å². The largest absolute Gasteiger partial charge is 0.468 e. The van der Waals surface area contributed by atoms with Gasteiger partial charge in [0.25, 0.3) is 0 Å². The molecule has 3 aliphatic heterocycles. The molecule has 9 nitrogen and oxygen atoms in total. The molecule has 1 N–H and O–H groups in total. The fraction of sp³-hybridized carbons (Fsp3) is 0.667. The van der Waals surface area contributed by atoms with Crippen molar-refractivity contribution < 1.29 is 38.1 Å². The Morgan fingerprint density at radius 3 is 2.57 bits per heavy atom. The molecule has 1 aromatic rings. The number of methoxy groups -OCH3 is 1. The van der Waals surface area contributed by atoms with Crippen LogP contribution in [0.4, 0.5) is 0 Å². The Kier molecular flexibility index (Phi) is 5.65. The number of nitrogens with one attached hydrogen (secondary N) is 1. The molecule has 0 aliphatic carbocycles. The lowest BCUT2D eigenvalue weighted by molar-refractivity contribution is -0.331. The number of hydrogen-bond acceptors (Lipinski definition) is 9. The zero-order chi connectivity index (χ0) is 21.6. The second-order valence-corrected chi connectivity index (χ2v) is 8.56. The van der Waals surface area contributed by atoms with Crippen molar-refractivity contribution >= 4 is 5.97 Å². The first-order valence-corrected chi connectivity index (χ1v) is 10.0. The second kappa shape index (κ2) is 7.83. The summed E-state index contributed by atoms with van der Waals surface area (Å²) < 4.78 is 35.4. The lowest BCUT2D eigenvalue weighted by Crippen LogP contribution is -2.61. The summed E-state index contributed by atoms with van der Waals surface area (Å²) in [7, 11) is 1.30. The van der Waals surface area contributed by atoms with E-state index >= 15 is 0 Å². The standard InChI is InChI=1S/C21H29NO8/c1-19(2)25-12-14-15(28-19)17-21(27-14,30-20(3,4)29-17)16(18(23)24-5)22-26-11-13-9-7-6-8-10-13/h6-10,14-17,22H,11-12H2,1-5H3/t14-,15+,16?,17-,21-/m0/s1. The number of rotatable bonds is 6. The maximum absolute atomic E-state index is 12.8. The average Bonchev–Trinajstić information content (AvgIpc) is 3.12. The summed E-state index contributed by atoms with van der Waals surface area (Å²) in [5, 5.41) is 0. The van der Waals surface area contributed by atoms with Crippen LogP contribution in [0.3, 0.4) is 0 Å². The Hall–Kier alpha value is -1.59. The van der Waals surface area contributed by atoms with E-state index < -0.39 is 47.7 Å². The maximum atomic E-state index is 12.8. The highest BCUT2D eigenvalue weighted by Gasteiger charge is 2.71. The van der Waals surface area contributed by atoms with Crippen molar-refractivity contribution in [2.45, 2.75) is 76.0 Å². The van der Waals surface area contributed by atoms with Gasteiger partial charge < -0.3 is 28.4 Å². The van der Waals surface area contributed by atoms with Crippen molar-refractivity contribution in [2.24, 2.45) is 0 Å². The van der Waals surface area contributed by atoms with Crippen molar-refractivity contribution in [1.29, 1.82) is 0 Å². The predicted molar refractivity (Wildman–Crippen MR) is 103 cm³/mol. The van der Waals surface area contributed by atoms with E-state index in [0.29, 0.717) is 0 Å². The maximum Gasteiger partial charge on any atom is 0.330 e. The molecule has 9 heteroatoms. The summed E-state index contributed by atoms with van der Waals surface area (Å²) in [6.07, 6.45) is -1.65. The monoisotopic (exact) mass is 423 g/mol. The molecular weight excluding hydrogens is 394 g/mol. The summed E-state index contributed by atoms with van der Waals surface area (Å²) in [6.45, 7) is 7.68. The van der Waals surface area contributed by atoms with Crippen LogP contribution < -0.4 is 5.48 Å². The van der Waals surface area contributed by atoms with E-state index in [2.05, 4.69) is 5.48 Å². The third-order valence-corrected chi connectivity index (χ3v) is 5.35. The summed E-state index contributed by atoms with van der Waals surface area (Å²) in [6, 6.07) is 8.46. The first kappa shape index (κ1) is 21.6. The van der Waals surface area contributed by atoms with E-state index in [1.807, 2.05) is 44.2 Å². The molecule has 0 spiro atoms. The second-order valence-electron chi connectivity index (χ2n) is 8.56. The lowest BCUT2D eigenvalue weighted by Gasteiger charge is -2.38. The van der Waals surface area contributed by atoms with Crippen LogP contribution in [0.1, 0.15) is 33.3 Å². The predicted octanol–water partition coefficient (Wildman–Crippen LogP) is 1.65. The van der Waals surface area contributed by atoms with Gasteiger partial charge in [-0.25, -0.2) is 0 Å². The SMILES string of the molecule is COC(=O)C(NOCc1ccccc1)[C@@]12O[C@H]3COC(C)(C)O[C@H]3[C@@H]1OC(C)(C)O2. The lowest BCUT2D eigenvalue weighted by atomic mass is 9.98. The average molecular weight is 423 g/mol. The highest BCUT2D eigenvalue weighted by atomic mass is 16.9. The van der Waals surface area contributed by atoms with E-state index in [-0.39, 0.29) is 13.2 Å². The highest BCUT2D eigenvalue weighted by molar-refractivity contribution is 5.77. The van der Waals surface area contributed by atoms with Crippen LogP contribution in [0.15, 0.2) is 30.3 Å². The van der Waals surface area contributed by atoms with Crippen LogP contribution in [-0.2, 0) is 44.7 Å². The number of fused-ring (bicyclic) bond motifs is 3. The molecule has 3 saturated heterocycles. The number of hydroxylamine groups is 1. The summed E-state index contributed by atoms with van der Waals surface area (Å²) in [5.41, 5.74) is 3.73. The van der Waals surface area contributed by atoms with E-state index in [9.17, 15) is 4.79 Å². The molecule has 0 aromatic heterocycles. The molecule has 0 bridgehead atoms. The van der Waals surface area contributed by atoms with Crippen molar-refractivity contribution in [3.05, 3.63) is 35.9 Å². The quantitative estimate of drug-likeness (QED) is 0.541. The fourth-order valence-corrected chi connectivity index (χ4v) is 4.14. The Morgan fingerprint density at radius 2 is 1.87 bits per heavy atom. The summed E-state index contributed by atoms with van der Waals surface area (Å²) in [5.74, 6) is -3.93. The molecule has 0 radical (unpaired) electrons. The summed E-state index contributed by atoms with van der Waals surface area (Å²) in [4.78, 5) is 18.4. The van der Waals surface area contributed by atoms with Crippen LogP contribution in [0.25, 0.3) is 0 Å². The number of ether oxygens (including phenoxy) is 6. The Labute approximate surface area is 175 Å². The number of benzene rings is 1. The van der Waals surface area contributed by atoms with E-state index in [1.54, 1.807) is 13.8 Å². The summed E-state index contributed by atoms with van der Waals surface area (Å²) >= 11 is 0. The fourth-order valence-electron chi connectivity index (χ4n) is 4.14. The minimum Gasteiger partial charge on any atom is -0.468 e. The molecule has 0 saturated carbocycles. The van der Waals surface area contributed by atoms with Gasteiger partial charge in [0.1, 0.15) is 18.3 Å². The molecular formula is C21H29NO8. The Bertz CT molecular complexity index is 770. The molecule has 30 heavy (non-hydrogen) atoms. The van der Waals surface area contributed by atoms with Crippen LogP contribution >= 0.6 is 0 Å². The molecule has 5 atom stereocenters. The van der Waals surface area contributed by atoms with Gasteiger partial charge in [-0.05, 0) is 33.3 Å². The molecule has 3 heterocycles. The minimum absolute atomic E-state index is 0.235. The smallest absolute Gasteiger partial charge is 0.330 e. The molecule has 4 rings (SSSR count). The van der Waals surface area contributed by atoms with Crippen LogP contribution in [0.5, 0.6) is 0 Å². The van der Waals surface area contributed by atoms with Gasteiger partial charge in [0, 0.05) is 0 Å². The van der Waals surface area contributed by atoms with Crippen molar-refractivity contribution in [2.75, 3.05) is 13.7 Å². The topological polar surface area (TPSA) is 93.7 Å². The molecule has 3 fully saturated rings. The first-order chi connectivity index (χ1) is 14.2. The van der Waals surface area contributed by atoms with Crippen LogP contribution in [0, 0.1) is 0 Å². The van der Waals surface area contributed by atoms with Gasteiger partial charge in [-0.15, -0.1) is 0 Å². The molecule has 1 unspecified atom stereocenters. The zero-order valence-electron chi connectivity index (χ0n) is 17.9. The van der Waals surface area contributed by atoms with Gasteiger partial charge in [-0.1, -0.05) is 30.3 Å².